The third kappa shape index (κ3) is 3.74. The standard InChI is InChI=1S/C15H25NS/c1-15(2,3)13-6-4-12(5-7-13)10-16-14-8-9-17-11-14/h8-9,11-13,16H,4-7,10H2,1-3H3. The molecule has 0 bridgehead atoms. The number of hydrogen-bond donors (Lipinski definition) is 1. The van der Waals surface area contributed by atoms with Gasteiger partial charge in [0.25, 0.3) is 0 Å². The number of anilines is 1. The molecule has 1 aromatic rings. The van der Waals surface area contributed by atoms with Crippen molar-refractivity contribution in [2.24, 2.45) is 17.3 Å². The molecular weight excluding hydrogens is 226 g/mol. The lowest BCUT2D eigenvalue weighted by atomic mass is 9.70. The molecule has 2 heteroatoms. The Kier molecular flexibility index (Phi) is 4.13. The average Bonchev–Trinajstić information content (AvgIpc) is 2.78. The topological polar surface area (TPSA) is 12.0 Å². The Morgan fingerprint density at radius 2 is 1.94 bits per heavy atom. The van der Waals surface area contributed by atoms with Gasteiger partial charge in [-0.2, -0.15) is 11.3 Å². The molecule has 0 aliphatic heterocycles. The minimum absolute atomic E-state index is 0.506. The molecule has 1 aliphatic carbocycles. The van der Waals surface area contributed by atoms with E-state index in [4.69, 9.17) is 0 Å². The van der Waals surface area contributed by atoms with Crippen molar-refractivity contribution >= 4 is 17.0 Å². The maximum Gasteiger partial charge on any atom is 0.0448 e. The Hall–Kier alpha value is -0.500. The van der Waals surface area contributed by atoms with Crippen LogP contribution < -0.4 is 5.32 Å². The van der Waals surface area contributed by atoms with Crippen LogP contribution in [-0.4, -0.2) is 6.54 Å². The van der Waals surface area contributed by atoms with E-state index in [2.05, 4.69) is 42.9 Å². The van der Waals surface area contributed by atoms with Crippen molar-refractivity contribution in [2.45, 2.75) is 46.5 Å². The molecule has 96 valence electrons. The number of hydrogen-bond acceptors (Lipinski definition) is 2. The van der Waals surface area contributed by atoms with Crippen LogP contribution in [0.15, 0.2) is 16.8 Å². The van der Waals surface area contributed by atoms with Crippen LogP contribution in [0.5, 0.6) is 0 Å². The van der Waals surface area contributed by atoms with Gasteiger partial charge in [-0.25, -0.2) is 0 Å². The van der Waals surface area contributed by atoms with Crippen molar-refractivity contribution in [3.63, 3.8) is 0 Å². The van der Waals surface area contributed by atoms with Crippen LogP contribution in [0.3, 0.4) is 0 Å². The van der Waals surface area contributed by atoms with E-state index in [1.807, 2.05) is 0 Å². The molecule has 1 aliphatic rings. The summed E-state index contributed by atoms with van der Waals surface area (Å²) in [6.07, 6.45) is 5.64. The highest BCUT2D eigenvalue weighted by molar-refractivity contribution is 7.08. The van der Waals surface area contributed by atoms with Crippen molar-refractivity contribution in [3.05, 3.63) is 16.8 Å². The molecule has 1 nitrogen and oxygen atoms in total. The second-order valence-corrected chi connectivity index (χ2v) is 7.26. The lowest BCUT2D eigenvalue weighted by Crippen LogP contribution is -2.28. The number of nitrogens with one attached hydrogen (secondary N) is 1. The first-order valence-corrected chi connectivity index (χ1v) is 7.76. The molecule has 0 radical (unpaired) electrons. The molecule has 1 fully saturated rings. The average molecular weight is 251 g/mol. The molecule has 1 N–H and O–H groups in total. The molecule has 0 spiro atoms. The zero-order chi connectivity index (χ0) is 12.3. The zero-order valence-corrected chi connectivity index (χ0v) is 12.1. The molecule has 2 rings (SSSR count). The Balaban J connectivity index is 1.72. The van der Waals surface area contributed by atoms with Crippen LogP contribution in [-0.2, 0) is 0 Å². The SMILES string of the molecule is CC(C)(C)C1CCC(CNc2ccsc2)CC1. The summed E-state index contributed by atoms with van der Waals surface area (Å²) < 4.78 is 0. The van der Waals surface area contributed by atoms with Gasteiger partial charge >= 0.3 is 0 Å². The van der Waals surface area contributed by atoms with Gasteiger partial charge < -0.3 is 5.32 Å². The largest absolute Gasteiger partial charge is 0.384 e. The molecule has 0 atom stereocenters. The van der Waals surface area contributed by atoms with E-state index in [-0.39, 0.29) is 0 Å². The van der Waals surface area contributed by atoms with Gasteiger partial charge in [0, 0.05) is 17.6 Å². The van der Waals surface area contributed by atoms with Gasteiger partial charge in [0.1, 0.15) is 0 Å². The van der Waals surface area contributed by atoms with E-state index in [0.29, 0.717) is 5.41 Å². The quantitative estimate of drug-likeness (QED) is 0.796. The summed E-state index contributed by atoms with van der Waals surface area (Å²) in [5, 5.41) is 7.89. The fraction of sp³-hybridized carbons (Fsp3) is 0.733. The van der Waals surface area contributed by atoms with Gasteiger partial charge in [0.05, 0.1) is 0 Å². The van der Waals surface area contributed by atoms with Crippen LogP contribution in [0.25, 0.3) is 0 Å². The Morgan fingerprint density at radius 3 is 2.47 bits per heavy atom. The van der Waals surface area contributed by atoms with E-state index >= 15 is 0 Å². The van der Waals surface area contributed by atoms with Gasteiger partial charge in [0.15, 0.2) is 0 Å². The summed E-state index contributed by atoms with van der Waals surface area (Å²) in [5.41, 5.74) is 1.80. The third-order valence-electron chi connectivity index (χ3n) is 4.19. The predicted molar refractivity (Wildman–Crippen MR) is 77.7 cm³/mol. The first-order chi connectivity index (χ1) is 8.05. The van der Waals surface area contributed by atoms with Crippen molar-refractivity contribution < 1.29 is 0 Å². The van der Waals surface area contributed by atoms with Gasteiger partial charge in [0.2, 0.25) is 0 Å². The van der Waals surface area contributed by atoms with Crippen molar-refractivity contribution in [1.29, 1.82) is 0 Å². The summed E-state index contributed by atoms with van der Waals surface area (Å²) in [5.74, 6) is 1.81. The molecule has 0 aromatic carbocycles. The summed E-state index contributed by atoms with van der Waals surface area (Å²) in [4.78, 5) is 0. The highest BCUT2D eigenvalue weighted by Crippen LogP contribution is 2.39. The summed E-state index contributed by atoms with van der Waals surface area (Å²) in [6, 6.07) is 2.17. The van der Waals surface area contributed by atoms with Gasteiger partial charge in [-0.3, -0.25) is 0 Å². The minimum Gasteiger partial charge on any atom is -0.384 e. The fourth-order valence-corrected chi connectivity index (χ4v) is 3.47. The van der Waals surface area contributed by atoms with Crippen LogP contribution in [0.4, 0.5) is 5.69 Å². The van der Waals surface area contributed by atoms with Crippen LogP contribution in [0.2, 0.25) is 0 Å². The van der Waals surface area contributed by atoms with Crippen LogP contribution >= 0.6 is 11.3 Å². The first kappa shape index (κ1) is 12.9. The van der Waals surface area contributed by atoms with Gasteiger partial charge in [-0.05, 0) is 54.4 Å². The lowest BCUT2D eigenvalue weighted by molar-refractivity contribution is 0.153. The summed E-state index contributed by atoms with van der Waals surface area (Å²) in [6.45, 7) is 8.33. The maximum atomic E-state index is 3.56. The Morgan fingerprint density at radius 1 is 1.24 bits per heavy atom. The second kappa shape index (κ2) is 5.43. The Bertz CT molecular complexity index is 315. The predicted octanol–water partition coefficient (Wildman–Crippen LogP) is 5.01. The normalized spacial score (nSPS) is 25.8. The van der Waals surface area contributed by atoms with E-state index in [1.165, 1.54) is 31.4 Å². The first-order valence-electron chi connectivity index (χ1n) is 6.82. The van der Waals surface area contributed by atoms with E-state index in [0.717, 1.165) is 18.4 Å². The van der Waals surface area contributed by atoms with Crippen molar-refractivity contribution in [1.82, 2.24) is 0 Å². The van der Waals surface area contributed by atoms with Crippen molar-refractivity contribution in [3.8, 4) is 0 Å². The molecule has 0 amide bonds. The van der Waals surface area contributed by atoms with E-state index in [1.54, 1.807) is 11.3 Å². The maximum absolute atomic E-state index is 3.56. The molecule has 1 heterocycles. The van der Waals surface area contributed by atoms with E-state index < -0.39 is 0 Å². The highest BCUT2D eigenvalue weighted by Gasteiger charge is 2.29. The zero-order valence-electron chi connectivity index (χ0n) is 11.3. The smallest absolute Gasteiger partial charge is 0.0448 e. The molecule has 0 saturated heterocycles. The third-order valence-corrected chi connectivity index (χ3v) is 4.87. The van der Waals surface area contributed by atoms with E-state index in [9.17, 15) is 0 Å². The summed E-state index contributed by atoms with van der Waals surface area (Å²) >= 11 is 1.77. The Labute approximate surface area is 110 Å². The minimum atomic E-state index is 0.506. The molecule has 17 heavy (non-hydrogen) atoms. The van der Waals surface area contributed by atoms with Gasteiger partial charge in [-0.15, -0.1) is 0 Å². The highest BCUT2D eigenvalue weighted by atomic mass is 32.1. The van der Waals surface area contributed by atoms with Crippen LogP contribution in [0.1, 0.15) is 46.5 Å². The number of rotatable bonds is 3. The van der Waals surface area contributed by atoms with Crippen LogP contribution in [0, 0.1) is 17.3 Å². The molecule has 0 unspecified atom stereocenters. The molecule has 1 aromatic heterocycles. The van der Waals surface area contributed by atoms with Crippen molar-refractivity contribution in [2.75, 3.05) is 11.9 Å². The lowest BCUT2D eigenvalue weighted by Gasteiger charge is -2.37. The second-order valence-electron chi connectivity index (χ2n) is 6.48. The monoisotopic (exact) mass is 251 g/mol. The molecule has 1 saturated carbocycles. The fourth-order valence-electron chi connectivity index (χ4n) is 2.86. The van der Waals surface area contributed by atoms with Gasteiger partial charge in [-0.1, -0.05) is 20.8 Å². The molecular formula is C15H25NS. The number of thiophene rings is 1. The summed E-state index contributed by atoms with van der Waals surface area (Å²) in [7, 11) is 0.